The maximum atomic E-state index is 13.7. The van der Waals surface area contributed by atoms with Gasteiger partial charge in [-0.1, -0.05) is 30.3 Å². The van der Waals surface area contributed by atoms with Crippen LogP contribution in [0.4, 0.5) is 5.69 Å². The molecule has 0 saturated carbocycles. The van der Waals surface area contributed by atoms with E-state index in [-0.39, 0.29) is 29.6 Å². The quantitative estimate of drug-likeness (QED) is 0.218. The van der Waals surface area contributed by atoms with E-state index in [0.29, 0.717) is 41.0 Å². The minimum atomic E-state index is -0.777. The second-order valence-corrected chi connectivity index (χ2v) is 10.7. The number of aryl methyl sites for hydroxylation is 1. The van der Waals surface area contributed by atoms with Crippen LogP contribution in [0.3, 0.4) is 0 Å². The van der Waals surface area contributed by atoms with E-state index >= 15 is 0 Å². The summed E-state index contributed by atoms with van der Waals surface area (Å²) in [6.45, 7) is 3.47. The van der Waals surface area contributed by atoms with Crippen molar-refractivity contribution in [3.63, 3.8) is 0 Å². The van der Waals surface area contributed by atoms with Gasteiger partial charge in [0.15, 0.2) is 5.78 Å². The Hall–Kier alpha value is -4.24. The van der Waals surface area contributed by atoms with E-state index in [9.17, 15) is 19.7 Å². The number of allylic oxidation sites excluding steroid dienone is 3. The lowest BCUT2D eigenvalue weighted by atomic mass is 9.72. The number of dihydropyridines is 1. The minimum absolute atomic E-state index is 0.0284. The standard InChI is InChI=1S/C30H28N2O6S/c1-17-6-9-20(14-24(17)32(35)36)28-27(30(34)38-16-19-7-10-22(37-3)11-8-19)18(2)31-23-13-21(15-25(33)29(23)28)26-5-4-12-39-26/h4-12,14,21,28,31H,13,15-16H2,1-3H3/t21-,28-/m1/s1. The van der Waals surface area contributed by atoms with Crippen LogP contribution >= 0.6 is 11.3 Å². The van der Waals surface area contributed by atoms with E-state index in [1.54, 1.807) is 56.6 Å². The van der Waals surface area contributed by atoms with Gasteiger partial charge in [0.05, 0.1) is 17.6 Å². The Labute approximate surface area is 230 Å². The van der Waals surface area contributed by atoms with Crippen molar-refractivity contribution < 1.29 is 24.0 Å². The summed E-state index contributed by atoms with van der Waals surface area (Å²) in [4.78, 5) is 39.8. The number of carbonyl (C=O) groups is 2. The maximum Gasteiger partial charge on any atom is 0.337 e. The van der Waals surface area contributed by atoms with Gasteiger partial charge in [0.25, 0.3) is 5.69 Å². The third-order valence-corrected chi connectivity index (χ3v) is 8.32. The highest BCUT2D eigenvalue weighted by molar-refractivity contribution is 7.10. The number of ketones is 1. The van der Waals surface area contributed by atoms with Crippen LogP contribution in [-0.2, 0) is 20.9 Å². The van der Waals surface area contributed by atoms with Gasteiger partial charge in [-0.3, -0.25) is 14.9 Å². The summed E-state index contributed by atoms with van der Waals surface area (Å²) in [6, 6.07) is 16.1. The predicted octanol–water partition coefficient (Wildman–Crippen LogP) is 6.08. The molecule has 0 bridgehead atoms. The van der Waals surface area contributed by atoms with E-state index in [2.05, 4.69) is 5.32 Å². The SMILES string of the molecule is COc1ccc(COC(=O)C2=C(C)NC3=C(C(=O)C[C@H](c4cccs4)C3)[C@@H]2c2ccc(C)c([N+](=O)[O-])c2)cc1. The van der Waals surface area contributed by atoms with Crippen LogP contribution in [0.25, 0.3) is 0 Å². The molecule has 5 rings (SSSR count). The number of thiophene rings is 1. The van der Waals surface area contributed by atoms with Crippen LogP contribution in [0.5, 0.6) is 5.75 Å². The number of ether oxygens (including phenoxy) is 2. The van der Waals surface area contributed by atoms with Gasteiger partial charge < -0.3 is 14.8 Å². The van der Waals surface area contributed by atoms with Crippen LogP contribution in [0, 0.1) is 17.0 Å². The first-order chi connectivity index (χ1) is 18.8. The Morgan fingerprint density at radius 2 is 1.90 bits per heavy atom. The van der Waals surface area contributed by atoms with Crippen molar-refractivity contribution in [2.24, 2.45) is 0 Å². The van der Waals surface area contributed by atoms with Crippen molar-refractivity contribution in [2.75, 3.05) is 7.11 Å². The molecule has 0 unspecified atom stereocenters. The number of Topliss-reactive ketones (excluding diaryl/α,β-unsaturated/α-hetero) is 1. The summed E-state index contributed by atoms with van der Waals surface area (Å²) in [5.74, 6) is -0.710. The van der Waals surface area contributed by atoms with Gasteiger partial charge in [-0.05, 0) is 55.0 Å². The van der Waals surface area contributed by atoms with E-state index in [4.69, 9.17) is 9.47 Å². The lowest BCUT2D eigenvalue weighted by molar-refractivity contribution is -0.385. The van der Waals surface area contributed by atoms with E-state index in [1.165, 1.54) is 6.07 Å². The first-order valence-electron chi connectivity index (χ1n) is 12.6. The molecule has 0 spiro atoms. The van der Waals surface area contributed by atoms with Crippen LogP contribution in [0.2, 0.25) is 0 Å². The van der Waals surface area contributed by atoms with Crippen molar-refractivity contribution in [1.29, 1.82) is 0 Å². The van der Waals surface area contributed by atoms with Gasteiger partial charge in [-0.2, -0.15) is 0 Å². The molecule has 2 atom stereocenters. The van der Waals surface area contributed by atoms with Crippen molar-refractivity contribution >= 4 is 28.8 Å². The molecule has 0 amide bonds. The molecule has 0 saturated heterocycles. The van der Waals surface area contributed by atoms with E-state index in [1.807, 2.05) is 29.6 Å². The average molecular weight is 545 g/mol. The van der Waals surface area contributed by atoms with E-state index < -0.39 is 16.8 Å². The first kappa shape index (κ1) is 26.4. The number of nitrogens with one attached hydrogen (secondary N) is 1. The summed E-state index contributed by atoms with van der Waals surface area (Å²) in [5, 5.41) is 17.1. The fourth-order valence-corrected chi connectivity index (χ4v) is 6.15. The third-order valence-electron chi connectivity index (χ3n) is 7.29. The van der Waals surface area contributed by atoms with Crippen molar-refractivity contribution in [3.05, 3.63) is 114 Å². The molecule has 1 aliphatic carbocycles. The molecule has 1 aliphatic heterocycles. The number of carbonyl (C=O) groups excluding carboxylic acids is 2. The second kappa shape index (κ2) is 10.9. The average Bonchev–Trinajstić information content (AvgIpc) is 3.46. The number of esters is 1. The normalized spacial score (nSPS) is 18.9. The molecule has 8 nitrogen and oxygen atoms in total. The lowest BCUT2D eigenvalue weighted by Gasteiger charge is -2.36. The number of hydrogen-bond acceptors (Lipinski definition) is 8. The zero-order valence-corrected chi connectivity index (χ0v) is 22.7. The summed E-state index contributed by atoms with van der Waals surface area (Å²) in [7, 11) is 1.58. The zero-order valence-electron chi connectivity index (χ0n) is 21.9. The van der Waals surface area contributed by atoms with Gasteiger partial charge in [0.2, 0.25) is 0 Å². The Morgan fingerprint density at radius 1 is 1.13 bits per heavy atom. The number of nitrogens with zero attached hydrogens (tertiary/aromatic N) is 1. The Kier molecular flexibility index (Phi) is 7.34. The molecule has 0 fully saturated rings. The maximum absolute atomic E-state index is 13.7. The number of benzene rings is 2. The van der Waals surface area contributed by atoms with Gasteiger partial charge >= 0.3 is 5.97 Å². The van der Waals surface area contributed by atoms with Gasteiger partial charge in [0, 0.05) is 51.7 Å². The molecule has 0 radical (unpaired) electrons. The van der Waals surface area contributed by atoms with Crippen LogP contribution in [-0.4, -0.2) is 23.8 Å². The number of nitro groups is 1. The van der Waals surface area contributed by atoms with Crippen LogP contribution in [0.1, 0.15) is 53.2 Å². The highest BCUT2D eigenvalue weighted by atomic mass is 32.1. The molecule has 1 N–H and O–H groups in total. The number of hydrogen-bond donors (Lipinski definition) is 1. The molecule has 2 aromatic carbocycles. The fourth-order valence-electron chi connectivity index (χ4n) is 5.32. The topological polar surface area (TPSA) is 108 Å². The van der Waals surface area contributed by atoms with E-state index in [0.717, 1.165) is 16.1 Å². The molecule has 2 heterocycles. The highest BCUT2D eigenvalue weighted by Crippen LogP contribution is 2.47. The second-order valence-electron chi connectivity index (χ2n) is 9.76. The lowest BCUT2D eigenvalue weighted by Crippen LogP contribution is -2.36. The van der Waals surface area contributed by atoms with Crippen LogP contribution in [0.15, 0.2) is 82.5 Å². The fraction of sp³-hybridized carbons (Fsp3) is 0.267. The zero-order chi connectivity index (χ0) is 27.7. The largest absolute Gasteiger partial charge is 0.497 e. The molecular weight excluding hydrogens is 516 g/mol. The third kappa shape index (κ3) is 5.22. The molecule has 3 aromatic rings. The number of methoxy groups -OCH3 is 1. The molecule has 1 aromatic heterocycles. The van der Waals surface area contributed by atoms with Gasteiger partial charge in [-0.15, -0.1) is 11.3 Å². The van der Waals surface area contributed by atoms with Crippen LogP contribution < -0.4 is 10.1 Å². The summed E-state index contributed by atoms with van der Waals surface area (Å²) < 4.78 is 10.9. The Bertz CT molecular complexity index is 1500. The van der Waals surface area contributed by atoms with Gasteiger partial charge in [-0.25, -0.2) is 4.79 Å². The summed E-state index contributed by atoms with van der Waals surface area (Å²) in [5.41, 5.74) is 3.82. The number of rotatable bonds is 7. The Morgan fingerprint density at radius 3 is 2.56 bits per heavy atom. The molecule has 2 aliphatic rings. The summed E-state index contributed by atoms with van der Waals surface area (Å²) in [6.07, 6.45) is 0.913. The highest BCUT2D eigenvalue weighted by Gasteiger charge is 2.42. The Balaban J connectivity index is 1.53. The molecule has 9 heteroatoms. The molecule has 39 heavy (non-hydrogen) atoms. The minimum Gasteiger partial charge on any atom is -0.497 e. The smallest absolute Gasteiger partial charge is 0.337 e. The first-order valence-corrected chi connectivity index (χ1v) is 13.5. The molecular formula is C30H28N2O6S. The van der Waals surface area contributed by atoms with Gasteiger partial charge in [0.1, 0.15) is 12.4 Å². The monoisotopic (exact) mass is 544 g/mol. The predicted molar refractivity (Wildman–Crippen MR) is 148 cm³/mol. The summed E-state index contributed by atoms with van der Waals surface area (Å²) >= 11 is 1.62. The van der Waals surface area contributed by atoms with Crippen molar-refractivity contribution in [2.45, 2.75) is 45.1 Å². The van der Waals surface area contributed by atoms with Crippen molar-refractivity contribution in [1.82, 2.24) is 5.32 Å². The van der Waals surface area contributed by atoms with Crippen molar-refractivity contribution in [3.8, 4) is 5.75 Å². The molecule has 200 valence electrons. The number of nitro benzene ring substituents is 1.